The first-order chi connectivity index (χ1) is 10.1. The van der Waals surface area contributed by atoms with Gasteiger partial charge in [0.25, 0.3) is 0 Å². The third-order valence-electron chi connectivity index (χ3n) is 3.19. The fraction of sp³-hybridized carbons (Fsp3) is 0.267. The van der Waals surface area contributed by atoms with Crippen LogP contribution in [0.4, 0.5) is 0 Å². The third kappa shape index (κ3) is 4.17. The van der Waals surface area contributed by atoms with Gasteiger partial charge in [-0.2, -0.15) is 0 Å². The molecule has 0 aliphatic carbocycles. The molecule has 21 heavy (non-hydrogen) atoms. The summed E-state index contributed by atoms with van der Waals surface area (Å²) in [6, 6.07) is 6.54. The SMILES string of the molecule is CN(Cc1ccc(C(=O)O)cc1)C(=O)CCn1ccnc1. The Bertz CT molecular complexity index is 606. The van der Waals surface area contributed by atoms with Gasteiger partial charge in [0.2, 0.25) is 5.91 Å². The summed E-state index contributed by atoms with van der Waals surface area (Å²) in [7, 11) is 1.74. The Morgan fingerprint density at radius 2 is 2.00 bits per heavy atom. The summed E-state index contributed by atoms with van der Waals surface area (Å²) in [5, 5.41) is 8.83. The number of hydrogen-bond acceptors (Lipinski definition) is 3. The summed E-state index contributed by atoms with van der Waals surface area (Å²) in [6.45, 7) is 1.06. The molecule has 6 heteroatoms. The van der Waals surface area contributed by atoms with Crippen LogP contribution in [-0.2, 0) is 17.9 Å². The standard InChI is InChI=1S/C15H17N3O3/c1-17(14(19)6-8-18-9-7-16-11-18)10-12-2-4-13(5-3-12)15(20)21/h2-5,7,9,11H,6,8,10H2,1H3,(H,20,21). The molecule has 0 saturated heterocycles. The van der Waals surface area contributed by atoms with E-state index in [1.54, 1.807) is 48.7 Å². The number of carboxylic acid groups (broad SMARTS) is 1. The van der Waals surface area contributed by atoms with Gasteiger partial charge in [-0.05, 0) is 17.7 Å². The molecule has 2 rings (SSSR count). The Labute approximate surface area is 122 Å². The molecule has 1 aromatic heterocycles. The molecule has 0 saturated carbocycles. The normalized spacial score (nSPS) is 10.3. The fourth-order valence-electron chi connectivity index (χ4n) is 1.95. The number of rotatable bonds is 6. The van der Waals surface area contributed by atoms with Crippen LogP contribution < -0.4 is 0 Å². The van der Waals surface area contributed by atoms with Crippen molar-refractivity contribution in [2.24, 2.45) is 0 Å². The molecule has 6 nitrogen and oxygen atoms in total. The van der Waals surface area contributed by atoms with Gasteiger partial charge in [-0.15, -0.1) is 0 Å². The average Bonchev–Trinajstić information content (AvgIpc) is 2.98. The lowest BCUT2D eigenvalue weighted by Gasteiger charge is -2.17. The predicted molar refractivity (Wildman–Crippen MR) is 76.7 cm³/mol. The summed E-state index contributed by atoms with van der Waals surface area (Å²) < 4.78 is 1.85. The van der Waals surface area contributed by atoms with Crippen molar-refractivity contribution in [3.8, 4) is 0 Å². The molecule has 0 radical (unpaired) electrons. The second kappa shape index (κ2) is 6.69. The van der Waals surface area contributed by atoms with E-state index in [1.807, 2.05) is 10.8 Å². The van der Waals surface area contributed by atoms with Gasteiger partial charge in [-0.25, -0.2) is 9.78 Å². The number of carbonyl (C=O) groups is 2. The lowest BCUT2D eigenvalue weighted by atomic mass is 10.1. The summed E-state index contributed by atoms with van der Waals surface area (Å²) in [4.78, 5) is 28.3. The average molecular weight is 287 g/mol. The fourth-order valence-corrected chi connectivity index (χ4v) is 1.95. The van der Waals surface area contributed by atoms with E-state index in [4.69, 9.17) is 5.11 Å². The van der Waals surface area contributed by atoms with Crippen LogP contribution >= 0.6 is 0 Å². The number of aromatic nitrogens is 2. The molecule has 1 heterocycles. The Morgan fingerprint density at radius 3 is 2.57 bits per heavy atom. The Balaban J connectivity index is 1.86. The van der Waals surface area contributed by atoms with Gasteiger partial charge in [0.05, 0.1) is 11.9 Å². The monoisotopic (exact) mass is 287 g/mol. The van der Waals surface area contributed by atoms with Crippen molar-refractivity contribution < 1.29 is 14.7 Å². The minimum Gasteiger partial charge on any atom is -0.478 e. The summed E-state index contributed by atoms with van der Waals surface area (Å²) in [5.74, 6) is -0.919. The molecule has 0 aliphatic rings. The second-order valence-electron chi connectivity index (χ2n) is 4.80. The predicted octanol–water partition coefficient (Wildman–Crippen LogP) is 1.63. The molecule has 0 unspecified atom stereocenters. The Kier molecular flexibility index (Phi) is 4.71. The molecule has 0 aliphatic heterocycles. The third-order valence-corrected chi connectivity index (χ3v) is 3.19. The largest absolute Gasteiger partial charge is 0.478 e. The first-order valence-electron chi connectivity index (χ1n) is 6.58. The zero-order valence-corrected chi connectivity index (χ0v) is 11.8. The number of aromatic carboxylic acids is 1. The van der Waals surface area contributed by atoms with E-state index in [-0.39, 0.29) is 11.5 Å². The van der Waals surface area contributed by atoms with E-state index in [0.29, 0.717) is 19.5 Å². The molecule has 110 valence electrons. The quantitative estimate of drug-likeness (QED) is 0.876. The van der Waals surface area contributed by atoms with Crippen LogP contribution in [0.3, 0.4) is 0 Å². The van der Waals surface area contributed by atoms with E-state index in [9.17, 15) is 9.59 Å². The topological polar surface area (TPSA) is 75.4 Å². The van der Waals surface area contributed by atoms with Crippen molar-refractivity contribution in [3.05, 3.63) is 54.1 Å². The first kappa shape index (κ1) is 14.8. The maximum atomic E-state index is 12.0. The van der Waals surface area contributed by atoms with Gasteiger partial charge in [-0.3, -0.25) is 4.79 Å². The van der Waals surface area contributed by atoms with Gasteiger partial charge in [-0.1, -0.05) is 12.1 Å². The second-order valence-corrected chi connectivity index (χ2v) is 4.80. The maximum Gasteiger partial charge on any atom is 0.335 e. The number of aryl methyl sites for hydroxylation is 1. The van der Waals surface area contributed by atoms with Gasteiger partial charge < -0.3 is 14.6 Å². The van der Waals surface area contributed by atoms with E-state index >= 15 is 0 Å². The Morgan fingerprint density at radius 1 is 1.29 bits per heavy atom. The minimum absolute atomic E-state index is 0.0333. The van der Waals surface area contributed by atoms with Crippen LogP contribution in [0.2, 0.25) is 0 Å². The molecule has 1 amide bonds. The van der Waals surface area contributed by atoms with E-state index in [0.717, 1.165) is 5.56 Å². The number of benzene rings is 1. The van der Waals surface area contributed by atoms with Crippen LogP contribution in [0.25, 0.3) is 0 Å². The molecule has 0 fully saturated rings. The van der Waals surface area contributed by atoms with Gasteiger partial charge >= 0.3 is 5.97 Å². The molecule has 0 atom stereocenters. The van der Waals surface area contributed by atoms with Crippen molar-refractivity contribution in [3.63, 3.8) is 0 Å². The van der Waals surface area contributed by atoms with Crippen LogP contribution in [0.1, 0.15) is 22.3 Å². The number of carbonyl (C=O) groups excluding carboxylic acids is 1. The highest BCUT2D eigenvalue weighted by molar-refractivity contribution is 5.87. The molecule has 0 bridgehead atoms. The zero-order chi connectivity index (χ0) is 15.2. The van der Waals surface area contributed by atoms with Crippen molar-refractivity contribution in [2.45, 2.75) is 19.5 Å². The molecule has 1 aromatic carbocycles. The van der Waals surface area contributed by atoms with Gasteiger partial charge in [0.15, 0.2) is 0 Å². The highest BCUT2D eigenvalue weighted by Crippen LogP contribution is 2.08. The summed E-state index contributed by atoms with van der Waals surface area (Å²) in [5.41, 5.74) is 1.14. The lowest BCUT2D eigenvalue weighted by molar-refractivity contribution is -0.130. The number of hydrogen-bond donors (Lipinski definition) is 1. The van der Waals surface area contributed by atoms with Crippen molar-refractivity contribution >= 4 is 11.9 Å². The maximum absolute atomic E-state index is 12.0. The van der Waals surface area contributed by atoms with Crippen molar-refractivity contribution in [1.82, 2.24) is 14.5 Å². The molecular formula is C15H17N3O3. The Hall–Kier alpha value is -2.63. The lowest BCUT2D eigenvalue weighted by Crippen LogP contribution is -2.27. The summed E-state index contributed by atoms with van der Waals surface area (Å²) >= 11 is 0. The first-order valence-corrected chi connectivity index (χ1v) is 6.58. The number of nitrogens with zero attached hydrogens (tertiary/aromatic N) is 3. The van der Waals surface area contributed by atoms with Crippen LogP contribution in [0.5, 0.6) is 0 Å². The molecule has 1 N–H and O–H groups in total. The molecule has 0 spiro atoms. The molecular weight excluding hydrogens is 270 g/mol. The zero-order valence-electron chi connectivity index (χ0n) is 11.8. The highest BCUT2D eigenvalue weighted by atomic mass is 16.4. The van der Waals surface area contributed by atoms with Crippen LogP contribution in [-0.4, -0.2) is 38.5 Å². The minimum atomic E-state index is -0.952. The smallest absolute Gasteiger partial charge is 0.335 e. The van der Waals surface area contributed by atoms with Gasteiger partial charge in [0, 0.05) is 39.0 Å². The summed E-state index contributed by atoms with van der Waals surface area (Å²) in [6.07, 6.45) is 5.58. The van der Waals surface area contributed by atoms with Crippen LogP contribution in [0, 0.1) is 0 Å². The van der Waals surface area contributed by atoms with E-state index in [2.05, 4.69) is 4.98 Å². The number of amides is 1. The van der Waals surface area contributed by atoms with E-state index in [1.165, 1.54) is 0 Å². The number of imidazole rings is 1. The molecule has 2 aromatic rings. The van der Waals surface area contributed by atoms with Crippen molar-refractivity contribution in [2.75, 3.05) is 7.05 Å². The van der Waals surface area contributed by atoms with Gasteiger partial charge in [0.1, 0.15) is 0 Å². The van der Waals surface area contributed by atoms with Crippen molar-refractivity contribution in [1.29, 1.82) is 0 Å². The van der Waals surface area contributed by atoms with E-state index < -0.39 is 5.97 Å². The highest BCUT2D eigenvalue weighted by Gasteiger charge is 2.10. The van der Waals surface area contributed by atoms with Crippen LogP contribution in [0.15, 0.2) is 43.0 Å². The number of carboxylic acids is 1.